The van der Waals surface area contributed by atoms with Crippen LogP contribution in [0.2, 0.25) is 0 Å². The fourth-order valence-corrected chi connectivity index (χ4v) is 7.83. The summed E-state index contributed by atoms with van der Waals surface area (Å²) in [6.07, 6.45) is 4.15. The normalized spacial score (nSPS) is 14.1. The highest BCUT2D eigenvalue weighted by atomic mass is 33.1. The quantitative estimate of drug-likeness (QED) is 0.0483. The summed E-state index contributed by atoms with van der Waals surface area (Å²) in [5, 5.41) is 11.2. The van der Waals surface area contributed by atoms with Gasteiger partial charge in [-0.3, -0.25) is 28.8 Å². The summed E-state index contributed by atoms with van der Waals surface area (Å²) in [6, 6.07) is 3.76. The number of ketones is 2. The smallest absolute Gasteiger partial charge is 0.251 e. The molecule has 1 aromatic carbocycles. The molecule has 0 bridgehead atoms. The first-order chi connectivity index (χ1) is 23.0. The zero-order valence-corrected chi connectivity index (χ0v) is 33.2. The summed E-state index contributed by atoms with van der Waals surface area (Å²) < 4.78 is 5.01. The van der Waals surface area contributed by atoms with Crippen LogP contribution in [0.4, 0.5) is 0 Å². The van der Waals surface area contributed by atoms with E-state index in [1.807, 2.05) is 10.8 Å². The van der Waals surface area contributed by atoms with Gasteiger partial charge in [0, 0.05) is 54.5 Å². The summed E-state index contributed by atoms with van der Waals surface area (Å²) in [6.45, 7) is 13.4. The Morgan fingerprint density at radius 3 is 1.96 bits per heavy atom. The van der Waals surface area contributed by atoms with Crippen molar-refractivity contribution in [1.82, 2.24) is 21.3 Å². The number of thioether (sulfide) groups is 1. The predicted molar refractivity (Wildman–Crippen MR) is 205 cm³/mol. The number of hydrogen-bond acceptors (Lipinski definition) is 9. The largest absolute Gasteiger partial charge is 0.383 e. The van der Waals surface area contributed by atoms with Gasteiger partial charge in [-0.05, 0) is 49.2 Å². The van der Waals surface area contributed by atoms with Gasteiger partial charge in [0.25, 0.3) is 5.91 Å². The minimum Gasteiger partial charge on any atom is -0.383 e. The molecule has 0 radical (unpaired) electrons. The molecule has 0 aliphatic rings. The van der Waals surface area contributed by atoms with E-state index in [9.17, 15) is 28.8 Å². The van der Waals surface area contributed by atoms with E-state index in [4.69, 9.17) is 4.74 Å². The molecule has 0 saturated heterocycles. The average Bonchev–Trinajstić information content (AvgIpc) is 3.04. The van der Waals surface area contributed by atoms with Crippen molar-refractivity contribution < 1.29 is 33.5 Å². The van der Waals surface area contributed by atoms with Crippen LogP contribution in [0.5, 0.6) is 0 Å². The highest BCUT2D eigenvalue weighted by Gasteiger charge is 2.29. The summed E-state index contributed by atoms with van der Waals surface area (Å²) in [7, 11) is 3.11. The average molecular weight is 743 g/mol. The van der Waals surface area contributed by atoms with Crippen molar-refractivity contribution >= 4 is 67.7 Å². The Morgan fingerprint density at radius 1 is 0.816 bits per heavy atom. The number of ether oxygens (including phenoxy) is 1. The molecule has 1 unspecified atom stereocenters. The standard InChI is InChI=1S/C35H58N4O7S3/c1-21(2)30(35(45)37-24(7)31(41)22(3)4)39-29(40)16-15-28(34(44)36-17-18-46-8)38-33(43)26-13-11-25(12-14-26)32(42)27(19-47-23(5)6)20-48-49(9)10/h11-14,21-24,27-28,30,49H,15-20H2,1-10H3,(H,36,44)(H,37,45)(H,38,43)(H,39,40)/t24-,27?,28-,30-/m0/s1. The number of carbonyl (C=O) groups excluding carboxylic acids is 6. The lowest BCUT2D eigenvalue weighted by Gasteiger charge is -2.25. The van der Waals surface area contributed by atoms with Gasteiger partial charge in [0.05, 0.1) is 12.6 Å². The maximum Gasteiger partial charge on any atom is 0.251 e. The van der Waals surface area contributed by atoms with Crippen LogP contribution in [0, 0.1) is 17.8 Å². The Hall–Kier alpha value is -2.55. The van der Waals surface area contributed by atoms with Crippen LogP contribution in [-0.4, -0.2) is 103 Å². The van der Waals surface area contributed by atoms with E-state index >= 15 is 0 Å². The van der Waals surface area contributed by atoms with Gasteiger partial charge in [0.1, 0.15) is 12.1 Å². The van der Waals surface area contributed by atoms with E-state index in [0.29, 0.717) is 10.8 Å². The predicted octanol–water partition coefficient (Wildman–Crippen LogP) is 4.05. The molecule has 4 N–H and O–H groups in total. The van der Waals surface area contributed by atoms with Crippen molar-refractivity contribution in [3.63, 3.8) is 0 Å². The first kappa shape index (κ1) is 44.5. The molecule has 0 spiro atoms. The number of thiol groups is 1. The minimum absolute atomic E-state index is 0.0358. The Labute approximate surface area is 303 Å². The van der Waals surface area contributed by atoms with Gasteiger partial charge in [0.2, 0.25) is 17.7 Å². The Balaban J connectivity index is 3.02. The third-order valence-corrected chi connectivity index (χ3v) is 11.8. The van der Waals surface area contributed by atoms with Crippen molar-refractivity contribution in [3.05, 3.63) is 35.4 Å². The van der Waals surface area contributed by atoms with E-state index in [2.05, 4.69) is 47.6 Å². The van der Waals surface area contributed by atoms with E-state index in [1.54, 1.807) is 70.6 Å². The van der Waals surface area contributed by atoms with Crippen molar-refractivity contribution in [2.45, 2.75) is 84.7 Å². The van der Waals surface area contributed by atoms with Crippen LogP contribution in [0.25, 0.3) is 0 Å². The molecule has 4 atom stereocenters. The lowest BCUT2D eigenvalue weighted by molar-refractivity contribution is -0.133. The molecule has 11 nitrogen and oxygen atoms in total. The molecule has 49 heavy (non-hydrogen) atoms. The maximum atomic E-state index is 13.4. The first-order valence-corrected chi connectivity index (χ1v) is 21.6. The van der Waals surface area contributed by atoms with Crippen LogP contribution in [0.3, 0.4) is 0 Å². The third kappa shape index (κ3) is 16.8. The molecule has 278 valence electrons. The lowest BCUT2D eigenvalue weighted by Crippen LogP contribution is -2.53. The van der Waals surface area contributed by atoms with E-state index in [1.165, 1.54) is 7.11 Å². The maximum absolute atomic E-state index is 13.4. The van der Waals surface area contributed by atoms with Crippen LogP contribution < -0.4 is 21.3 Å². The van der Waals surface area contributed by atoms with Crippen LogP contribution in [0.1, 0.15) is 82.0 Å². The number of benzene rings is 1. The summed E-state index contributed by atoms with van der Waals surface area (Å²) in [5.41, 5.74) is 0.797. The Kier molecular flexibility index (Phi) is 20.9. The third-order valence-electron chi connectivity index (χ3n) is 7.47. The van der Waals surface area contributed by atoms with Gasteiger partial charge in [0.15, 0.2) is 11.6 Å². The molecule has 1 rings (SSSR count). The number of methoxy groups -OCH3 is 1. The van der Waals surface area contributed by atoms with Crippen LogP contribution in [0.15, 0.2) is 24.3 Å². The topological polar surface area (TPSA) is 160 Å². The minimum atomic E-state index is -1.06. The highest BCUT2D eigenvalue weighted by Crippen LogP contribution is 2.35. The molecule has 0 aromatic heterocycles. The lowest BCUT2D eigenvalue weighted by atomic mass is 9.99. The number of nitrogens with one attached hydrogen (secondary N) is 4. The summed E-state index contributed by atoms with van der Waals surface area (Å²) >= 11 is 1.76. The Bertz CT molecular complexity index is 1230. The van der Waals surface area contributed by atoms with Gasteiger partial charge in [-0.25, -0.2) is 9.93 Å². The second-order valence-corrected chi connectivity index (χ2v) is 19.8. The zero-order chi connectivity index (χ0) is 37.3. The van der Waals surface area contributed by atoms with Crippen molar-refractivity contribution in [2.75, 3.05) is 44.3 Å². The molecule has 0 aliphatic carbocycles. The van der Waals surface area contributed by atoms with Crippen molar-refractivity contribution in [2.24, 2.45) is 17.8 Å². The molecule has 14 heteroatoms. The molecular formula is C35H58N4O7S3. The zero-order valence-electron chi connectivity index (χ0n) is 30.7. The fourth-order valence-electron chi connectivity index (χ4n) is 4.61. The second-order valence-electron chi connectivity index (χ2n) is 13.1. The number of rotatable bonds is 23. The highest BCUT2D eigenvalue weighted by molar-refractivity contribution is 8.84. The van der Waals surface area contributed by atoms with E-state index < -0.39 is 41.8 Å². The van der Waals surface area contributed by atoms with Gasteiger partial charge < -0.3 is 26.0 Å². The van der Waals surface area contributed by atoms with Crippen molar-refractivity contribution in [3.8, 4) is 0 Å². The molecule has 0 aliphatic heterocycles. The number of Topliss-reactive ketones (excluding diaryl/α,β-unsaturated/α-hetero) is 2. The monoisotopic (exact) mass is 742 g/mol. The number of hydrogen-bond donors (Lipinski definition) is 5. The van der Waals surface area contributed by atoms with Crippen LogP contribution in [-0.2, 0) is 23.9 Å². The Morgan fingerprint density at radius 2 is 1.43 bits per heavy atom. The number of carbonyl (C=O) groups is 6. The first-order valence-electron chi connectivity index (χ1n) is 16.7. The molecule has 0 fully saturated rings. The van der Waals surface area contributed by atoms with Gasteiger partial charge in [-0.15, -0.1) is 10.8 Å². The van der Waals surface area contributed by atoms with E-state index in [0.717, 1.165) is 11.5 Å². The van der Waals surface area contributed by atoms with Gasteiger partial charge in [-0.1, -0.05) is 53.7 Å². The van der Waals surface area contributed by atoms with Crippen LogP contribution >= 0.6 is 32.5 Å². The fraction of sp³-hybridized carbons (Fsp3) is 0.657. The molecule has 0 saturated carbocycles. The molecule has 0 heterocycles. The summed E-state index contributed by atoms with van der Waals surface area (Å²) in [4.78, 5) is 78.0. The summed E-state index contributed by atoms with van der Waals surface area (Å²) in [5.74, 6) is -1.24. The molecule has 4 amide bonds. The van der Waals surface area contributed by atoms with Crippen molar-refractivity contribution in [1.29, 1.82) is 0 Å². The second kappa shape index (κ2) is 23.0. The number of amides is 4. The molecular weight excluding hydrogens is 685 g/mol. The van der Waals surface area contributed by atoms with Gasteiger partial charge in [-0.2, -0.15) is 11.8 Å². The molecule has 1 aromatic rings. The SMILES string of the molecule is COCCNC(=O)[C@H](CCC(=O)N[C@H](C(=O)N[C@@H](C)C(=O)C(C)C)C(C)C)NC(=O)c1ccc(C(=O)C(CSC(C)C)CS[SH](C)C)cc1. The van der Waals surface area contributed by atoms with Gasteiger partial charge >= 0.3 is 0 Å². The van der Waals surface area contributed by atoms with E-state index in [-0.39, 0.29) is 70.8 Å².